The topological polar surface area (TPSA) is 35.8 Å². The monoisotopic (exact) mass is 304 g/mol. The molecule has 0 amide bonds. The molecule has 1 N–H and O–H groups in total. The van der Waals surface area contributed by atoms with Gasteiger partial charge in [-0.3, -0.25) is 0 Å². The van der Waals surface area contributed by atoms with Gasteiger partial charge in [-0.15, -0.1) is 0 Å². The first-order valence-corrected chi connectivity index (χ1v) is 6.13. The standard InChI is InChI=1S/C14H10BrFN2/c1-9-7-11(6-5-10(9)8-17)18-14-12(15)3-2-4-13(14)16/h2-7,18H,1H3. The Kier molecular flexibility index (Phi) is 3.63. The van der Waals surface area contributed by atoms with Crippen LogP contribution in [0.1, 0.15) is 11.1 Å². The lowest BCUT2D eigenvalue weighted by atomic mass is 10.1. The van der Waals surface area contributed by atoms with Crippen molar-refractivity contribution in [1.82, 2.24) is 0 Å². The highest BCUT2D eigenvalue weighted by Crippen LogP contribution is 2.29. The fourth-order valence-corrected chi connectivity index (χ4v) is 2.07. The molecule has 0 aliphatic heterocycles. The number of nitriles is 1. The van der Waals surface area contributed by atoms with Gasteiger partial charge in [0, 0.05) is 10.2 Å². The second-order valence-corrected chi connectivity index (χ2v) is 4.72. The zero-order chi connectivity index (χ0) is 13.1. The first-order valence-electron chi connectivity index (χ1n) is 5.33. The van der Waals surface area contributed by atoms with Crippen molar-refractivity contribution in [3.05, 3.63) is 57.8 Å². The Hall–Kier alpha value is -1.86. The molecule has 18 heavy (non-hydrogen) atoms. The van der Waals surface area contributed by atoms with E-state index in [1.807, 2.05) is 13.0 Å². The molecule has 0 aliphatic carbocycles. The van der Waals surface area contributed by atoms with E-state index in [4.69, 9.17) is 5.26 Å². The molecule has 4 heteroatoms. The number of aryl methyl sites for hydroxylation is 1. The molecule has 0 saturated carbocycles. The quantitative estimate of drug-likeness (QED) is 0.886. The normalized spacial score (nSPS) is 9.89. The van der Waals surface area contributed by atoms with Gasteiger partial charge in [0.25, 0.3) is 0 Å². The zero-order valence-corrected chi connectivity index (χ0v) is 11.3. The van der Waals surface area contributed by atoms with Crippen molar-refractivity contribution in [2.45, 2.75) is 6.92 Å². The van der Waals surface area contributed by atoms with E-state index < -0.39 is 0 Å². The summed E-state index contributed by atoms with van der Waals surface area (Å²) in [5.74, 6) is -0.327. The maximum absolute atomic E-state index is 13.6. The van der Waals surface area contributed by atoms with Crippen LogP contribution in [0.5, 0.6) is 0 Å². The van der Waals surface area contributed by atoms with E-state index in [0.29, 0.717) is 15.7 Å². The molecule has 0 atom stereocenters. The van der Waals surface area contributed by atoms with Gasteiger partial charge in [-0.25, -0.2) is 4.39 Å². The summed E-state index contributed by atoms with van der Waals surface area (Å²) in [4.78, 5) is 0. The van der Waals surface area contributed by atoms with E-state index in [1.54, 1.807) is 24.3 Å². The van der Waals surface area contributed by atoms with Crippen molar-refractivity contribution in [3.8, 4) is 6.07 Å². The minimum atomic E-state index is -0.327. The highest BCUT2D eigenvalue weighted by Gasteiger charge is 2.07. The zero-order valence-electron chi connectivity index (χ0n) is 9.67. The highest BCUT2D eigenvalue weighted by atomic mass is 79.9. The lowest BCUT2D eigenvalue weighted by Crippen LogP contribution is -1.96. The third-order valence-corrected chi connectivity index (χ3v) is 3.24. The molecule has 0 aliphatic rings. The van der Waals surface area contributed by atoms with Crippen molar-refractivity contribution in [2.24, 2.45) is 0 Å². The number of nitrogens with zero attached hydrogens (tertiary/aromatic N) is 1. The van der Waals surface area contributed by atoms with Crippen LogP contribution in [0.2, 0.25) is 0 Å². The SMILES string of the molecule is Cc1cc(Nc2c(F)cccc2Br)ccc1C#N. The summed E-state index contributed by atoms with van der Waals surface area (Å²) in [7, 11) is 0. The molecule has 2 nitrogen and oxygen atoms in total. The molecule has 2 rings (SSSR count). The Bertz CT molecular complexity index is 612. The van der Waals surface area contributed by atoms with Crippen LogP contribution in [0.25, 0.3) is 0 Å². The highest BCUT2D eigenvalue weighted by molar-refractivity contribution is 9.10. The summed E-state index contributed by atoms with van der Waals surface area (Å²) < 4.78 is 14.3. The molecule has 0 bridgehead atoms. The minimum Gasteiger partial charge on any atom is -0.352 e. The fourth-order valence-electron chi connectivity index (χ4n) is 1.63. The van der Waals surface area contributed by atoms with Gasteiger partial charge in [0.15, 0.2) is 0 Å². The third kappa shape index (κ3) is 2.52. The van der Waals surface area contributed by atoms with Gasteiger partial charge in [0.1, 0.15) is 5.82 Å². The molecule has 2 aromatic rings. The Morgan fingerprint density at radius 1 is 1.28 bits per heavy atom. The Morgan fingerprint density at radius 3 is 2.67 bits per heavy atom. The molecule has 0 saturated heterocycles. The average molecular weight is 305 g/mol. The van der Waals surface area contributed by atoms with Crippen molar-refractivity contribution >= 4 is 27.3 Å². The van der Waals surface area contributed by atoms with Crippen LogP contribution in [0.4, 0.5) is 15.8 Å². The predicted molar refractivity (Wildman–Crippen MR) is 73.3 cm³/mol. The molecular formula is C14H10BrFN2. The van der Waals surface area contributed by atoms with Gasteiger partial charge >= 0.3 is 0 Å². The number of benzene rings is 2. The van der Waals surface area contributed by atoms with Crippen LogP contribution in [0, 0.1) is 24.1 Å². The minimum absolute atomic E-state index is 0.327. The van der Waals surface area contributed by atoms with E-state index >= 15 is 0 Å². The van der Waals surface area contributed by atoms with Gasteiger partial charge in [0.2, 0.25) is 0 Å². The van der Waals surface area contributed by atoms with Crippen molar-refractivity contribution in [2.75, 3.05) is 5.32 Å². The van der Waals surface area contributed by atoms with Gasteiger partial charge in [-0.05, 0) is 58.7 Å². The van der Waals surface area contributed by atoms with Gasteiger partial charge < -0.3 is 5.32 Å². The summed E-state index contributed by atoms with van der Waals surface area (Å²) in [5, 5.41) is 11.9. The van der Waals surface area contributed by atoms with Crippen LogP contribution in [0.3, 0.4) is 0 Å². The largest absolute Gasteiger partial charge is 0.352 e. The summed E-state index contributed by atoms with van der Waals surface area (Å²) in [6.45, 7) is 1.85. The Balaban J connectivity index is 2.35. The van der Waals surface area contributed by atoms with E-state index in [2.05, 4.69) is 27.3 Å². The summed E-state index contributed by atoms with van der Waals surface area (Å²) >= 11 is 3.30. The summed E-state index contributed by atoms with van der Waals surface area (Å²) in [6, 6.07) is 12.2. The first kappa shape index (κ1) is 12.6. The molecule has 0 unspecified atom stereocenters. The third-order valence-electron chi connectivity index (χ3n) is 2.58. The lowest BCUT2D eigenvalue weighted by molar-refractivity contribution is 0.631. The summed E-state index contributed by atoms with van der Waals surface area (Å²) in [6.07, 6.45) is 0. The number of hydrogen-bond donors (Lipinski definition) is 1. The van der Waals surface area contributed by atoms with Gasteiger partial charge in [0.05, 0.1) is 17.3 Å². The Morgan fingerprint density at radius 2 is 2.06 bits per heavy atom. The molecule has 0 aromatic heterocycles. The summed E-state index contributed by atoms with van der Waals surface area (Å²) in [5.41, 5.74) is 2.61. The molecule has 0 radical (unpaired) electrons. The molecule has 90 valence electrons. The maximum Gasteiger partial charge on any atom is 0.147 e. The number of hydrogen-bond acceptors (Lipinski definition) is 2. The molecule has 2 aromatic carbocycles. The first-order chi connectivity index (χ1) is 8.61. The predicted octanol–water partition coefficient (Wildman–Crippen LogP) is 4.51. The van der Waals surface area contributed by atoms with Crippen molar-refractivity contribution in [3.63, 3.8) is 0 Å². The molecular weight excluding hydrogens is 295 g/mol. The van der Waals surface area contributed by atoms with E-state index in [1.165, 1.54) is 6.07 Å². The maximum atomic E-state index is 13.6. The van der Waals surface area contributed by atoms with E-state index in [0.717, 1.165) is 11.3 Å². The second kappa shape index (κ2) is 5.19. The van der Waals surface area contributed by atoms with Crippen LogP contribution in [0.15, 0.2) is 40.9 Å². The smallest absolute Gasteiger partial charge is 0.147 e. The van der Waals surface area contributed by atoms with Crippen molar-refractivity contribution in [1.29, 1.82) is 5.26 Å². The average Bonchev–Trinajstić information content (AvgIpc) is 2.34. The molecule has 0 spiro atoms. The molecule has 0 heterocycles. The van der Waals surface area contributed by atoms with Crippen LogP contribution in [-0.2, 0) is 0 Å². The van der Waals surface area contributed by atoms with Crippen LogP contribution >= 0.6 is 15.9 Å². The van der Waals surface area contributed by atoms with Crippen molar-refractivity contribution < 1.29 is 4.39 Å². The number of halogens is 2. The van der Waals surface area contributed by atoms with E-state index in [9.17, 15) is 4.39 Å². The number of para-hydroxylation sites is 1. The van der Waals surface area contributed by atoms with Crippen LogP contribution in [-0.4, -0.2) is 0 Å². The van der Waals surface area contributed by atoms with Gasteiger partial charge in [-0.1, -0.05) is 6.07 Å². The number of anilines is 2. The lowest BCUT2D eigenvalue weighted by Gasteiger charge is -2.10. The Labute approximate surface area is 113 Å². The second-order valence-electron chi connectivity index (χ2n) is 3.86. The van der Waals surface area contributed by atoms with Crippen LogP contribution < -0.4 is 5.32 Å². The van der Waals surface area contributed by atoms with Gasteiger partial charge in [-0.2, -0.15) is 5.26 Å². The number of rotatable bonds is 2. The van der Waals surface area contributed by atoms with E-state index in [-0.39, 0.29) is 5.82 Å². The number of nitrogens with one attached hydrogen (secondary N) is 1. The fraction of sp³-hybridized carbons (Fsp3) is 0.0714. The molecule has 0 fully saturated rings.